The summed E-state index contributed by atoms with van der Waals surface area (Å²) in [6.07, 6.45) is 3.78. The van der Waals surface area contributed by atoms with Crippen LogP contribution in [0.1, 0.15) is 25.5 Å². The van der Waals surface area contributed by atoms with E-state index in [0.717, 1.165) is 12.1 Å². The summed E-state index contributed by atoms with van der Waals surface area (Å²) >= 11 is 0. The molecule has 1 rings (SSSR count). The third-order valence-corrected chi connectivity index (χ3v) is 1.63. The molecule has 0 aliphatic heterocycles. The maximum Gasteiger partial charge on any atom is 0.138 e. The minimum atomic E-state index is 0.274. The Hall–Kier alpha value is -1.18. The number of aromatic nitrogens is 1. The van der Waals surface area contributed by atoms with Gasteiger partial charge in [0.05, 0.1) is 0 Å². The van der Waals surface area contributed by atoms with E-state index in [1.54, 1.807) is 6.20 Å². The maximum absolute atomic E-state index is 11.2. The van der Waals surface area contributed by atoms with E-state index in [1.807, 2.05) is 25.1 Å². The van der Waals surface area contributed by atoms with Gasteiger partial charge in [-0.05, 0) is 18.6 Å². The van der Waals surface area contributed by atoms with Crippen molar-refractivity contribution in [3.8, 4) is 0 Å². The van der Waals surface area contributed by atoms with Crippen molar-refractivity contribution in [1.29, 1.82) is 0 Å². The van der Waals surface area contributed by atoms with Crippen molar-refractivity contribution in [3.63, 3.8) is 0 Å². The smallest absolute Gasteiger partial charge is 0.138 e. The van der Waals surface area contributed by atoms with Gasteiger partial charge in [0.2, 0.25) is 0 Å². The van der Waals surface area contributed by atoms with Crippen LogP contribution >= 0.6 is 0 Å². The monoisotopic (exact) mass is 163 g/mol. The lowest BCUT2D eigenvalue weighted by atomic mass is 10.1. The van der Waals surface area contributed by atoms with E-state index in [4.69, 9.17) is 0 Å². The molecule has 0 spiro atoms. The molecule has 2 nitrogen and oxygen atoms in total. The number of nitrogens with zero attached hydrogens (tertiary/aromatic N) is 1. The zero-order valence-electron chi connectivity index (χ0n) is 7.29. The van der Waals surface area contributed by atoms with Crippen LogP contribution in [0, 0.1) is 0 Å². The first-order chi connectivity index (χ1) is 5.83. The van der Waals surface area contributed by atoms with Crippen LogP contribution in [0.5, 0.6) is 0 Å². The van der Waals surface area contributed by atoms with Crippen LogP contribution in [0.4, 0.5) is 0 Å². The fourth-order valence-electron chi connectivity index (χ4n) is 1.07. The molecule has 0 atom stereocenters. The van der Waals surface area contributed by atoms with Crippen LogP contribution in [0.3, 0.4) is 0 Å². The Morgan fingerprint density at radius 2 is 2.33 bits per heavy atom. The van der Waals surface area contributed by atoms with Gasteiger partial charge in [-0.3, -0.25) is 9.78 Å². The lowest BCUT2D eigenvalue weighted by molar-refractivity contribution is -0.118. The molecule has 1 aromatic rings. The number of Topliss-reactive ketones (excluding diaryl/α,β-unsaturated/α-hetero) is 1. The van der Waals surface area contributed by atoms with Gasteiger partial charge >= 0.3 is 0 Å². The first-order valence-corrected chi connectivity index (χ1v) is 4.24. The molecule has 0 saturated heterocycles. The van der Waals surface area contributed by atoms with Gasteiger partial charge in [-0.1, -0.05) is 13.0 Å². The average Bonchev–Trinajstić information content (AvgIpc) is 2.06. The third kappa shape index (κ3) is 2.82. The van der Waals surface area contributed by atoms with Crippen LogP contribution in [-0.2, 0) is 11.2 Å². The second-order valence-electron chi connectivity index (χ2n) is 2.79. The van der Waals surface area contributed by atoms with Crippen molar-refractivity contribution in [2.45, 2.75) is 26.2 Å². The van der Waals surface area contributed by atoms with Crippen molar-refractivity contribution < 1.29 is 4.79 Å². The van der Waals surface area contributed by atoms with Gasteiger partial charge in [0.1, 0.15) is 5.78 Å². The van der Waals surface area contributed by atoms with E-state index < -0.39 is 0 Å². The molecule has 0 bridgehead atoms. The van der Waals surface area contributed by atoms with Crippen molar-refractivity contribution >= 4 is 5.78 Å². The minimum absolute atomic E-state index is 0.274. The second kappa shape index (κ2) is 4.65. The molecule has 0 N–H and O–H groups in total. The predicted molar refractivity (Wildman–Crippen MR) is 47.9 cm³/mol. The predicted octanol–water partition coefficient (Wildman–Crippen LogP) is 1.99. The number of hydrogen-bond donors (Lipinski definition) is 0. The Morgan fingerprint density at radius 1 is 1.50 bits per heavy atom. The van der Waals surface area contributed by atoms with Crippen molar-refractivity contribution in [3.05, 3.63) is 30.1 Å². The summed E-state index contributed by atoms with van der Waals surface area (Å²) in [7, 11) is 0. The van der Waals surface area contributed by atoms with Crippen LogP contribution in [0.25, 0.3) is 0 Å². The van der Waals surface area contributed by atoms with E-state index in [-0.39, 0.29) is 5.78 Å². The Balaban J connectivity index is 2.47. The van der Waals surface area contributed by atoms with Crippen molar-refractivity contribution in [2.75, 3.05) is 0 Å². The first kappa shape index (κ1) is 8.91. The number of rotatable bonds is 4. The molecule has 12 heavy (non-hydrogen) atoms. The zero-order valence-corrected chi connectivity index (χ0v) is 7.29. The molecule has 0 amide bonds. The Kier molecular flexibility index (Phi) is 3.45. The highest BCUT2D eigenvalue weighted by atomic mass is 16.1. The number of ketones is 1. The quantitative estimate of drug-likeness (QED) is 0.679. The summed E-state index contributed by atoms with van der Waals surface area (Å²) in [5, 5.41) is 0. The van der Waals surface area contributed by atoms with E-state index >= 15 is 0 Å². The maximum atomic E-state index is 11.2. The highest BCUT2D eigenvalue weighted by molar-refractivity contribution is 5.80. The largest absolute Gasteiger partial charge is 0.299 e. The standard InChI is InChI=1S/C10H13NO/c1-2-5-10(12)8-9-6-3-4-7-11-9/h3-4,6-7H,2,5,8H2,1H3. The van der Waals surface area contributed by atoms with Crippen LogP contribution in [-0.4, -0.2) is 10.8 Å². The van der Waals surface area contributed by atoms with Crippen LogP contribution in [0.15, 0.2) is 24.4 Å². The van der Waals surface area contributed by atoms with E-state index in [9.17, 15) is 4.79 Å². The lowest BCUT2D eigenvalue weighted by Gasteiger charge is -1.97. The van der Waals surface area contributed by atoms with Gasteiger partial charge in [0.15, 0.2) is 0 Å². The summed E-state index contributed by atoms with van der Waals surface area (Å²) in [5.74, 6) is 0.274. The van der Waals surface area contributed by atoms with Gasteiger partial charge in [-0.25, -0.2) is 0 Å². The Labute approximate surface area is 72.6 Å². The van der Waals surface area contributed by atoms with Crippen LogP contribution in [0.2, 0.25) is 0 Å². The van der Waals surface area contributed by atoms with Gasteiger partial charge in [-0.15, -0.1) is 0 Å². The normalized spacial score (nSPS) is 9.75. The molecule has 0 aliphatic carbocycles. The second-order valence-corrected chi connectivity index (χ2v) is 2.79. The van der Waals surface area contributed by atoms with Gasteiger partial charge in [-0.2, -0.15) is 0 Å². The highest BCUT2D eigenvalue weighted by Gasteiger charge is 2.01. The molecule has 0 unspecified atom stereocenters. The summed E-state index contributed by atoms with van der Waals surface area (Å²) < 4.78 is 0. The molecule has 0 radical (unpaired) electrons. The number of carbonyl (C=O) groups is 1. The fraction of sp³-hybridized carbons (Fsp3) is 0.400. The Morgan fingerprint density at radius 3 is 2.92 bits per heavy atom. The van der Waals surface area contributed by atoms with Gasteiger partial charge in [0.25, 0.3) is 0 Å². The molecular formula is C10H13NO. The highest BCUT2D eigenvalue weighted by Crippen LogP contribution is 1.99. The molecule has 0 fully saturated rings. The summed E-state index contributed by atoms with van der Waals surface area (Å²) in [6, 6.07) is 5.64. The van der Waals surface area contributed by atoms with Crippen molar-refractivity contribution in [1.82, 2.24) is 4.98 Å². The number of hydrogen-bond acceptors (Lipinski definition) is 2. The molecular weight excluding hydrogens is 150 g/mol. The molecule has 2 heteroatoms. The topological polar surface area (TPSA) is 30.0 Å². The SMILES string of the molecule is CCCC(=O)Cc1ccccn1. The fourth-order valence-corrected chi connectivity index (χ4v) is 1.07. The Bertz CT molecular complexity index is 243. The van der Waals surface area contributed by atoms with Gasteiger partial charge in [0, 0.05) is 24.7 Å². The minimum Gasteiger partial charge on any atom is -0.299 e. The lowest BCUT2D eigenvalue weighted by Crippen LogP contribution is -2.02. The van der Waals surface area contributed by atoms with E-state index in [2.05, 4.69) is 4.98 Å². The molecule has 1 aromatic heterocycles. The molecule has 0 aromatic carbocycles. The van der Waals surface area contributed by atoms with Gasteiger partial charge < -0.3 is 0 Å². The number of carbonyl (C=O) groups excluding carboxylic acids is 1. The van der Waals surface area contributed by atoms with Crippen molar-refractivity contribution in [2.24, 2.45) is 0 Å². The zero-order chi connectivity index (χ0) is 8.81. The van der Waals surface area contributed by atoms with Crippen LogP contribution < -0.4 is 0 Å². The molecule has 0 saturated carbocycles. The molecule has 0 aliphatic rings. The molecule has 64 valence electrons. The number of pyridine rings is 1. The average molecular weight is 163 g/mol. The first-order valence-electron chi connectivity index (χ1n) is 4.24. The third-order valence-electron chi connectivity index (χ3n) is 1.63. The summed E-state index contributed by atoms with van der Waals surface area (Å²) in [6.45, 7) is 2.01. The summed E-state index contributed by atoms with van der Waals surface area (Å²) in [4.78, 5) is 15.3. The molecule has 1 heterocycles. The summed E-state index contributed by atoms with van der Waals surface area (Å²) in [5.41, 5.74) is 0.871. The van der Waals surface area contributed by atoms with E-state index in [1.165, 1.54) is 0 Å². The van der Waals surface area contributed by atoms with E-state index in [0.29, 0.717) is 12.8 Å².